The van der Waals surface area contributed by atoms with Crippen molar-refractivity contribution in [1.29, 1.82) is 0 Å². The van der Waals surface area contributed by atoms with Gasteiger partial charge in [-0.15, -0.1) is 0 Å². The van der Waals surface area contributed by atoms with Gasteiger partial charge < -0.3 is 19.2 Å². The van der Waals surface area contributed by atoms with Crippen molar-refractivity contribution in [1.82, 2.24) is 19.4 Å². The third-order valence-electron chi connectivity index (χ3n) is 6.18. The molecule has 3 aromatic rings. The number of aromatic nitrogens is 3. The Morgan fingerprint density at radius 1 is 1.16 bits per heavy atom. The first kappa shape index (κ1) is 21.8. The van der Waals surface area contributed by atoms with Gasteiger partial charge in [0.05, 0.1) is 12.5 Å². The van der Waals surface area contributed by atoms with Crippen molar-refractivity contribution in [2.45, 2.75) is 32.1 Å². The van der Waals surface area contributed by atoms with Gasteiger partial charge >= 0.3 is 0 Å². The Morgan fingerprint density at radius 2 is 1.88 bits per heavy atom. The number of hydrogen-bond acceptors (Lipinski definition) is 5. The van der Waals surface area contributed by atoms with Crippen LogP contribution in [-0.2, 0) is 18.3 Å². The van der Waals surface area contributed by atoms with Crippen LogP contribution in [0.2, 0.25) is 0 Å². The first-order chi connectivity index (χ1) is 15.5. The van der Waals surface area contributed by atoms with Crippen molar-refractivity contribution in [2.24, 2.45) is 13.0 Å². The van der Waals surface area contributed by atoms with E-state index in [4.69, 9.17) is 4.74 Å². The van der Waals surface area contributed by atoms with Crippen molar-refractivity contribution in [3.63, 3.8) is 0 Å². The lowest BCUT2D eigenvalue weighted by molar-refractivity contribution is -0.132. The Morgan fingerprint density at radius 3 is 2.56 bits per heavy atom. The second-order valence-corrected chi connectivity index (χ2v) is 8.28. The Balaban J connectivity index is 1.26. The topological polar surface area (TPSA) is 97.3 Å². The van der Waals surface area contributed by atoms with Gasteiger partial charge in [0.25, 0.3) is 5.56 Å². The molecule has 0 atom stereocenters. The van der Waals surface area contributed by atoms with Crippen molar-refractivity contribution in [3.8, 4) is 5.75 Å². The quantitative estimate of drug-likeness (QED) is 0.575. The van der Waals surface area contributed by atoms with E-state index in [1.807, 2.05) is 22.7 Å². The molecular formula is C24H28N4O4. The smallest absolute Gasteiger partial charge is 0.260 e. The molecule has 1 aliphatic rings. The van der Waals surface area contributed by atoms with E-state index in [9.17, 15) is 14.4 Å². The number of ketones is 1. The number of hydrogen-bond donors (Lipinski definition) is 1. The lowest BCUT2D eigenvalue weighted by Crippen LogP contribution is -2.40. The van der Waals surface area contributed by atoms with Gasteiger partial charge in [-0.3, -0.25) is 14.4 Å². The van der Waals surface area contributed by atoms with Gasteiger partial charge in [-0.2, -0.15) is 0 Å². The number of benzene rings is 1. The van der Waals surface area contributed by atoms with Gasteiger partial charge in [-0.25, -0.2) is 4.98 Å². The number of nitrogens with one attached hydrogen (secondary N) is 1. The minimum Gasteiger partial charge on any atom is -0.497 e. The zero-order valence-corrected chi connectivity index (χ0v) is 18.5. The van der Waals surface area contributed by atoms with Crippen LogP contribution in [-0.4, -0.2) is 51.3 Å². The maximum atomic E-state index is 12.7. The van der Waals surface area contributed by atoms with Crippen LogP contribution in [0.5, 0.6) is 5.75 Å². The van der Waals surface area contributed by atoms with Crippen molar-refractivity contribution in [3.05, 3.63) is 58.3 Å². The van der Waals surface area contributed by atoms with Gasteiger partial charge in [0.1, 0.15) is 17.2 Å². The van der Waals surface area contributed by atoms with Crippen LogP contribution in [0.3, 0.4) is 0 Å². The maximum Gasteiger partial charge on any atom is 0.260 e. The Bertz CT molecular complexity index is 1170. The number of H-pyrrole nitrogens is 1. The van der Waals surface area contributed by atoms with Gasteiger partial charge in [0.15, 0.2) is 5.78 Å². The number of rotatable bonds is 7. The van der Waals surface area contributed by atoms with Gasteiger partial charge in [-0.05, 0) is 49.6 Å². The molecule has 2 aromatic heterocycles. The van der Waals surface area contributed by atoms with Gasteiger partial charge in [0, 0.05) is 50.7 Å². The first-order valence-electron chi connectivity index (χ1n) is 11.0. The minimum atomic E-state index is -0.152. The summed E-state index contributed by atoms with van der Waals surface area (Å²) < 4.78 is 6.96. The number of methoxy groups -OCH3 is 1. The molecule has 1 aliphatic heterocycles. The second kappa shape index (κ2) is 9.38. The van der Waals surface area contributed by atoms with E-state index in [1.54, 1.807) is 37.4 Å². The molecule has 1 saturated heterocycles. The summed E-state index contributed by atoms with van der Waals surface area (Å²) in [4.78, 5) is 46.7. The molecular weight excluding hydrogens is 408 g/mol. The lowest BCUT2D eigenvalue weighted by Gasteiger charge is -2.31. The molecule has 1 amide bonds. The number of carbonyl (C=O) groups excluding carboxylic acids is 2. The van der Waals surface area contributed by atoms with Crippen LogP contribution in [0.4, 0.5) is 0 Å². The van der Waals surface area contributed by atoms with Crippen LogP contribution in [0.15, 0.2) is 41.3 Å². The number of aromatic amines is 1. The standard InChI is InChI=1S/C24H28N4O4/c1-27-13-12-19-23(27)25-20(26-24(19)31)4-3-5-21(29)28-14-10-17(11-15-28)22(30)16-6-8-18(32-2)9-7-16/h6-9,12-13,17H,3-5,10-11,14-15H2,1-2H3,(H,25,26,31). The highest BCUT2D eigenvalue weighted by atomic mass is 16.5. The summed E-state index contributed by atoms with van der Waals surface area (Å²) in [5, 5.41) is 0.569. The second-order valence-electron chi connectivity index (χ2n) is 8.28. The number of nitrogens with zero attached hydrogens (tertiary/aromatic N) is 3. The normalized spacial score (nSPS) is 14.6. The Kier molecular flexibility index (Phi) is 6.39. The largest absolute Gasteiger partial charge is 0.497 e. The maximum absolute atomic E-state index is 12.7. The average molecular weight is 437 g/mol. The summed E-state index contributed by atoms with van der Waals surface area (Å²) >= 11 is 0. The van der Waals surface area contributed by atoms with E-state index >= 15 is 0 Å². The van der Waals surface area contributed by atoms with E-state index in [0.29, 0.717) is 67.6 Å². The highest BCUT2D eigenvalue weighted by Crippen LogP contribution is 2.23. The number of ether oxygens (including phenoxy) is 1. The van der Waals surface area contributed by atoms with Gasteiger partial charge in [0.2, 0.25) is 5.91 Å². The minimum absolute atomic E-state index is 0.0567. The molecule has 0 aliphatic carbocycles. The van der Waals surface area contributed by atoms with Crippen molar-refractivity contribution >= 4 is 22.7 Å². The summed E-state index contributed by atoms with van der Waals surface area (Å²) in [6.07, 6.45) is 4.71. The average Bonchev–Trinajstić information content (AvgIpc) is 3.20. The molecule has 3 heterocycles. The number of amides is 1. The van der Waals surface area contributed by atoms with Crippen LogP contribution < -0.4 is 10.3 Å². The van der Waals surface area contributed by atoms with Crippen LogP contribution in [0.1, 0.15) is 41.9 Å². The highest BCUT2D eigenvalue weighted by Gasteiger charge is 2.27. The predicted molar refractivity (Wildman–Crippen MR) is 121 cm³/mol. The molecule has 8 nitrogen and oxygen atoms in total. The molecule has 0 bridgehead atoms. The molecule has 0 saturated carbocycles. The van der Waals surface area contributed by atoms with Crippen LogP contribution >= 0.6 is 0 Å². The van der Waals surface area contributed by atoms with E-state index in [0.717, 1.165) is 5.75 Å². The van der Waals surface area contributed by atoms with Crippen LogP contribution in [0, 0.1) is 5.92 Å². The predicted octanol–water partition coefficient (Wildman–Crippen LogP) is 2.71. The molecule has 1 aromatic carbocycles. The fraction of sp³-hybridized carbons (Fsp3) is 0.417. The van der Waals surface area contributed by atoms with Crippen molar-refractivity contribution < 1.29 is 14.3 Å². The summed E-state index contributed by atoms with van der Waals surface area (Å²) in [7, 11) is 3.45. The monoisotopic (exact) mass is 436 g/mol. The number of aryl methyl sites for hydroxylation is 2. The molecule has 1 N–H and O–H groups in total. The number of Topliss-reactive ketones (excluding diaryl/α,β-unsaturated/α-hetero) is 1. The third kappa shape index (κ3) is 4.59. The van der Waals surface area contributed by atoms with Crippen LogP contribution in [0.25, 0.3) is 11.0 Å². The molecule has 0 spiro atoms. The molecule has 0 unspecified atom stereocenters. The van der Waals surface area contributed by atoms with E-state index in [-0.39, 0.29) is 23.2 Å². The summed E-state index contributed by atoms with van der Waals surface area (Å²) in [6.45, 7) is 1.19. The molecule has 168 valence electrons. The molecule has 1 fully saturated rings. The fourth-order valence-electron chi connectivity index (χ4n) is 4.26. The first-order valence-corrected chi connectivity index (χ1v) is 11.0. The van der Waals surface area contributed by atoms with Gasteiger partial charge in [-0.1, -0.05) is 0 Å². The van der Waals surface area contributed by atoms with E-state index in [1.165, 1.54) is 0 Å². The number of piperidine rings is 1. The molecule has 32 heavy (non-hydrogen) atoms. The van der Waals surface area contributed by atoms with E-state index < -0.39 is 0 Å². The van der Waals surface area contributed by atoms with Crippen molar-refractivity contribution in [2.75, 3.05) is 20.2 Å². The highest BCUT2D eigenvalue weighted by molar-refractivity contribution is 5.98. The summed E-state index contributed by atoms with van der Waals surface area (Å²) in [5.74, 6) is 1.48. The lowest BCUT2D eigenvalue weighted by atomic mass is 9.88. The zero-order chi connectivity index (χ0) is 22.7. The molecule has 0 radical (unpaired) electrons. The zero-order valence-electron chi connectivity index (χ0n) is 18.5. The number of fused-ring (bicyclic) bond motifs is 1. The molecule has 8 heteroatoms. The Labute approximate surface area is 186 Å². The third-order valence-corrected chi connectivity index (χ3v) is 6.18. The fourth-order valence-corrected chi connectivity index (χ4v) is 4.26. The van der Waals surface area contributed by atoms with E-state index in [2.05, 4.69) is 9.97 Å². The summed E-state index contributed by atoms with van der Waals surface area (Å²) in [5.41, 5.74) is 1.19. The summed E-state index contributed by atoms with van der Waals surface area (Å²) in [6, 6.07) is 8.93. The number of likely N-dealkylation sites (tertiary alicyclic amines) is 1. The molecule has 4 rings (SSSR count). The SMILES string of the molecule is COc1ccc(C(=O)C2CCN(C(=O)CCCc3nc4c(ccn4C)c(=O)[nH]3)CC2)cc1. The Hall–Kier alpha value is -3.42. The number of carbonyl (C=O) groups is 2.